The van der Waals surface area contributed by atoms with Gasteiger partial charge in [-0.25, -0.2) is 0 Å². The Bertz CT molecular complexity index is 348. The summed E-state index contributed by atoms with van der Waals surface area (Å²) in [5.74, 6) is -0.00861. The monoisotopic (exact) mass is 224 g/mol. The lowest BCUT2D eigenvalue weighted by atomic mass is 10.1. The topological polar surface area (TPSA) is 64.2 Å². The molecule has 1 atom stereocenters. The van der Waals surface area contributed by atoms with E-state index in [1.165, 1.54) is 0 Å². The molecule has 0 fully saturated rings. The molecule has 1 unspecified atom stereocenters. The number of carbonyl (C=O) groups excluding carboxylic acids is 1. The Labute approximate surface area is 96.2 Å². The zero-order valence-electron chi connectivity index (χ0n) is 10.2. The minimum absolute atomic E-state index is 0.00861. The molecule has 1 heterocycles. The molecular formula is C11H20N4O. The van der Waals surface area contributed by atoms with Gasteiger partial charge in [-0.2, -0.15) is 5.10 Å². The predicted molar refractivity (Wildman–Crippen MR) is 62.6 cm³/mol. The number of likely N-dealkylation sites (N-methyl/N-ethyl adjacent to an activating group) is 1. The smallest absolute Gasteiger partial charge is 0.239 e. The van der Waals surface area contributed by atoms with Crippen molar-refractivity contribution in [1.29, 1.82) is 0 Å². The lowest BCUT2D eigenvalue weighted by Gasteiger charge is -2.20. The number of aryl methyl sites for hydroxylation is 1. The van der Waals surface area contributed by atoms with Crippen molar-refractivity contribution in [2.24, 2.45) is 12.8 Å². The maximum absolute atomic E-state index is 11.8. The number of rotatable bonds is 5. The molecule has 0 radical (unpaired) electrons. The minimum atomic E-state index is -0.383. The van der Waals surface area contributed by atoms with Gasteiger partial charge in [-0.1, -0.05) is 13.3 Å². The Hall–Kier alpha value is -1.36. The predicted octanol–water partition coefficient (Wildman–Crippen LogP) is 0.506. The summed E-state index contributed by atoms with van der Waals surface area (Å²) < 4.78 is 1.72. The molecule has 1 rings (SSSR count). The first kappa shape index (κ1) is 12.7. The zero-order chi connectivity index (χ0) is 12.1. The summed E-state index contributed by atoms with van der Waals surface area (Å²) in [5, 5.41) is 4.06. The van der Waals surface area contributed by atoms with Crippen molar-refractivity contribution >= 4 is 5.91 Å². The Kier molecular flexibility index (Phi) is 4.49. The molecule has 1 aromatic rings. The van der Waals surface area contributed by atoms with Crippen molar-refractivity contribution in [3.63, 3.8) is 0 Å². The lowest BCUT2D eigenvalue weighted by Crippen LogP contribution is -2.41. The standard InChI is InChI=1S/C11H20N4O/c1-4-5-10(12)11(16)14(2)7-9-6-13-15(3)8-9/h6,8,10H,4-5,7,12H2,1-3H3. The van der Waals surface area contributed by atoms with E-state index in [9.17, 15) is 4.79 Å². The maximum atomic E-state index is 11.8. The van der Waals surface area contributed by atoms with E-state index in [1.54, 1.807) is 22.8 Å². The number of carbonyl (C=O) groups is 1. The summed E-state index contributed by atoms with van der Waals surface area (Å²) in [4.78, 5) is 13.5. The highest BCUT2D eigenvalue weighted by atomic mass is 16.2. The molecule has 0 saturated carbocycles. The number of hydrogen-bond acceptors (Lipinski definition) is 3. The third-order valence-corrected chi connectivity index (χ3v) is 2.47. The zero-order valence-corrected chi connectivity index (χ0v) is 10.2. The second kappa shape index (κ2) is 5.65. The minimum Gasteiger partial charge on any atom is -0.340 e. The van der Waals surface area contributed by atoms with Gasteiger partial charge in [0, 0.05) is 32.4 Å². The van der Waals surface area contributed by atoms with Crippen LogP contribution in [0.4, 0.5) is 0 Å². The quantitative estimate of drug-likeness (QED) is 0.792. The molecule has 1 aromatic heterocycles. The second-order valence-corrected chi connectivity index (χ2v) is 4.11. The molecule has 0 bridgehead atoms. The fourth-order valence-electron chi connectivity index (χ4n) is 1.62. The van der Waals surface area contributed by atoms with Crippen molar-refractivity contribution in [3.05, 3.63) is 18.0 Å². The van der Waals surface area contributed by atoms with Crippen LogP contribution in [0.1, 0.15) is 25.3 Å². The molecule has 0 aliphatic rings. The van der Waals surface area contributed by atoms with Gasteiger partial charge in [0.15, 0.2) is 0 Å². The van der Waals surface area contributed by atoms with Crippen LogP contribution in [0.15, 0.2) is 12.4 Å². The van der Waals surface area contributed by atoms with Gasteiger partial charge in [-0.3, -0.25) is 9.48 Å². The van der Waals surface area contributed by atoms with E-state index in [0.29, 0.717) is 6.54 Å². The highest BCUT2D eigenvalue weighted by Crippen LogP contribution is 2.04. The summed E-state index contributed by atoms with van der Waals surface area (Å²) in [6.07, 6.45) is 5.31. The highest BCUT2D eigenvalue weighted by Gasteiger charge is 2.17. The summed E-state index contributed by atoms with van der Waals surface area (Å²) in [7, 11) is 3.62. The first-order valence-electron chi connectivity index (χ1n) is 5.52. The molecule has 1 amide bonds. The lowest BCUT2D eigenvalue weighted by molar-refractivity contribution is -0.131. The average molecular weight is 224 g/mol. The number of hydrogen-bond donors (Lipinski definition) is 1. The number of amides is 1. The van der Waals surface area contributed by atoms with E-state index in [0.717, 1.165) is 18.4 Å². The summed E-state index contributed by atoms with van der Waals surface area (Å²) in [6, 6.07) is -0.383. The average Bonchev–Trinajstić information content (AvgIpc) is 2.63. The maximum Gasteiger partial charge on any atom is 0.239 e. The van der Waals surface area contributed by atoms with Crippen molar-refractivity contribution in [2.75, 3.05) is 7.05 Å². The van der Waals surface area contributed by atoms with Gasteiger partial charge in [0.1, 0.15) is 0 Å². The molecule has 0 aromatic carbocycles. The summed E-state index contributed by atoms with van der Waals surface area (Å²) in [6.45, 7) is 2.58. The Morgan fingerprint density at radius 1 is 1.69 bits per heavy atom. The largest absolute Gasteiger partial charge is 0.340 e. The van der Waals surface area contributed by atoms with Crippen LogP contribution >= 0.6 is 0 Å². The molecule has 5 nitrogen and oxygen atoms in total. The van der Waals surface area contributed by atoms with Crippen LogP contribution < -0.4 is 5.73 Å². The molecule has 5 heteroatoms. The van der Waals surface area contributed by atoms with Gasteiger partial charge >= 0.3 is 0 Å². The molecule has 16 heavy (non-hydrogen) atoms. The summed E-state index contributed by atoms with van der Waals surface area (Å²) in [5.41, 5.74) is 6.79. The van der Waals surface area contributed by atoms with Gasteiger partial charge in [0.2, 0.25) is 5.91 Å². The molecule has 0 spiro atoms. The fourth-order valence-corrected chi connectivity index (χ4v) is 1.62. The molecular weight excluding hydrogens is 204 g/mol. The van der Waals surface area contributed by atoms with Gasteiger partial charge in [0.25, 0.3) is 0 Å². The van der Waals surface area contributed by atoms with Crippen molar-refractivity contribution in [3.8, 4) is 0 Å². The Morgan fingerprint density at radius 2 is 2.38 bits per heavy atom. The van der Waals surface area contributed by atoms with Gasteiger partial charge in [0.05, 0.1) is 12.2 Å². The molecule has 0 aliphatic carbocycles. The first-order valence-corrected chi connectivity index (χ1v) is 5.52. The van der Waals surface area contributed by atoms with E-state index in [2.05, 4.69) is 5.10 Å². The molecule has 0 saturated heterocycles. The number of aromatic nitrogens is 2. The van der Waals surface area contributed by atoms with Crippen LogP contribution in [0.25, 0.3) is 0 Å². The van der Waals surface area contributed by atoms with E-state index >= 15 is 0 Å². The molecule has 0 aliphatic heterocycles. The van der Waals surface area contributed by atoms with E-state index in [4.69, 9.17) is 5.73 Å². The SMILES string of the molecule is CCCC(N)C(=O)N(C)Cc1cnn(C)c1. The third kappa shape index (κ3) is 3.34. The molecule has 90 valence electrons. The van der Waals surface area contributed by atoms with E-state index < -0.39 is 0 Å². The van der Waals surface area contributed by atoms with Crippen molar-refractivity contribution < 1.29 is 4.79 Å². The van der Waals surface area contributed by atoms with Crippen LogP contribution in [0.2, 0.25) is 0 Å². The number of nitrogens with two attached hydrogens (primary N) is 1. The van der Waals surface area contributed by atoms with Crippen LogP contribution in [0.5, 0.6) is 0 Å². The normalized spacial score (nSPS) is 12.5. The van der Waals surface area contributed by atoms with E-state index in [1.807, 2.05) is 20.2 Å². The second-order valence-electron chi connectivity index (χ2n) is 4.11. The van der Waals surface area contributed by atoms with Gasteiger partial charge in [-0.05, 0) is 6.42 Å². The third-order valence-electron chi connectivity index (χ3n) is 2.47. The van der Waals surface area contributed by atoms with Crippen molar-refractivity contribution in [2.45, 2.75) is 32.4 Å². The van der Waals surface area contributed by atoms with Crippen LogP contribution in [-0.2, 0) is 18.4 Å². The number of nitrogens with zero attached hydrogens (tertiary/aromatic N) is 3. The Balaban J connectivity index is 2.51. The van der Waals surface area contributed by atoms with Gasteiger partial charge < -0.3 is 10.6 Å². The van der Waals surface area contributed by atoms with E-state index in [-0.39, 0.29) is 11.9 Å². The fraction of sp³-hybridized carbons (Fsp3) is 0.636. The van der Waals surface area contributed by atoms with Crippen LogP contribution in [0, 0.1) is 0 Å². The van der Waals surface area contributed by atoms with Crippen LogP contribution in [0.3, 0.4) is 0 Å². The van der Waals surface area contributed by atoms with Crippen LogP contribution in [-0.4, -0.2) is 33.7 Å². The molecule has 2 N–H and O–H groups in total. The first-order chi connectivity index (χ1) is 7.54. The van der Waals surface area contributed by atoms with Crippen molar-refractivity contribution in [1.82, 2.24) is 14.7 Å². The van der Waals surface area contributed by atoms with Gasteiger partial charge in [-0.15, -0.1) is 0 Å². The Morgan fingerprint density at radius 3 is 2.88 bits per heavy atom. The highest BCUT2D eigenvalue weighted by molar-refractivity contribution is 5.81. The summed E-state index contributed by atoms with van der Waals surface area (Å²) >= 11 is 0.